The van der Waals surface area contributed by atoms with E-state index in [2.05, 4.69) is 19.9 Å². The quantitative estimate of drug-likeness (QED) is 0.129. The first-order chi connectivity index (χ1) is 23.9. The summed E-state index contributed by atoms with van der Waals surface area (Å²) in [6, 6.07) is 11.4. The average molecular weight is 675 g/mol. The van der Waals surface area contributed by atoms with E-state index in [4.69, 9.17) is 9.47 Å². The van der Waals surface area contributed by atoms with E-state index < -0.39 is 24.1 Å². The van der Waals surface area contributed by atoms with Crippen LogP contribution in [0.1, 0.15) is 57.2 Å². The van der Waals surface area contributed by atoms with Crippen LogP contribution in [0.5, 0.6) is 0 Å². The Morgan fingerprint density at radius 2 is 1.08 bits per heavy atom. The maximum Gasteiger partial charge on any atom is 0.332 e. The van der Waals surface area contributed by atoms with Gasteiger partial charge in [0.15, 0.2) is 23.8 Å². The van der Waals surface area contributed by atoms with E-state index in [1.807, 2.05) is 73.5 Å². The van der Waals surface area contributed by atoms with Gasteiger partial charge in [0.2, 0.25) is 0 Å². The molecule has 12 heteroatoms. The minimum atomic E-state index is -1.28. The lowest BCUT2D eigenvalue weighted by atomic mass is 10.00. The van der Waals surface area contributed by atoms with Gasteiger partial charge < -0.3 is 28.6 Å². The molecule has 256 valence electrons. The van der Waals surface area contributed by atoms with Crippen molar-refractivity contribution in [3.05, 3.63) is 119 Å². The molecule has 0 saturated carbocycles. The smallest absolute Gasteiger partial charge is 0.332 e. The number of aromatic amines is 2. The predicted octanol–water partition coefficient (Wildman–Crippen LogP) is 5.40. The second-order valence-electron chi connectivity index (χ2n) is 12.5. The highest BCUT2D eigenvalue weighted by Gasteiger charge is 2.31. The topological polar surface area (TPSA) is 154 Å². The van der Waals surface area contributed by atoms with Gasteiger partial charge in [0, 0.05) is 71.9 Å². The Bertz CT molecular complexity index is 2140. The zero-order chi connectivity index (χ0) is 35.7. The Hall–Kier alpha value is -6.04. The molecule has 0 saturated heterocycles. The molecule has 4 aromatic heterocycles. The zero-order valence-corrected chi connectivity index (χ0v) is 28.7. The first-order valence-corrected chi connectivity index (χ1v) is 16.1. The molecule has 2 unspecified atom stereocenters. The summed E-state index contributed by atoms with van der Waals surface area (Å²) in [5.41, 5.74) is 7.34. The van der Waals surface area contributed by atoms with Gasteiger partial charge in [-0.05, 0) is 38.8 Å². The molecule has 0 aliphatic carbocycles. The van der Waals surface area contributed by atoms with Crippen LogP contribution in [0.3, 0.4) is 0 Å². The molecule has 0 fully saturated rings. The monoisotopic (exact) mass is 674 g/mol. The molecule has 0 bridgehead atoms. The van der Waals surface area contributed by atoms with Crippen molar-refractivity contribution >= 4 is 45.3 Å². The molecule has 0 spiro atoms. The van der Waals surface area contributed by atoms with Crippen molar-refractivity contribution < 1.29 is 28.7 Å². The van der Waals surface area contributed by atoms with E-state index in [0.29, 0.717) is 22.5 Å². The zero-order valence-electron chi connectivity index (χ0n) is 28.7. The number of ketones is 2. The van der Waals surface area contributed by atoms with Gasteiger partial charge in [-0.15, -0.1) is 0 Å². The van der Waals surface area contributed by atoms with E-state index >= 15 is 0 Å². The molecule has 2 atom stereocenters. The van der Waals surface area contributed by atoms with Gasteiger partial charge in [-0.2, -0.15) is 0 Å². The molecule has 50 heavy (non-hydrogen) atoms. The van der Waals surface area contributed by atoms with Gasteiger partial charge in [-0.25, -0.2) is 19.6 Å². The number of para-hydroxylation sites is 2. The lowest BCUT2D eigenvalue weighted by molar-refractivity contribution is -0.152. The van der Waals surface area contributed by atoms with Crippen molar-refractivity contribution in [2.24, 2.45) is 14.1 Å². The molecule has 4 heterocycles. The molecule has 0 amide bonds. The number of imidazole rings is 2. The molecular weight excluding hydrogens is 636 g/mol. The number of carbonyl (C=O) groups excluding carboxylic acids is 4. The fourth-order valence-electron chi connectivity index (χ4n) is 6.52. The van der Waals surface area contributed by atoms with Crippen LogP contribution in [0, 0.1) is 27.7 Å². The highest BCUT2D eigenvalue weighted by Crippen LogP contribution is 2.33. The van der Waals surface area contributed by atoms with Gasteiger partial charge in [0.25, 0.3) is 0 Å². The largest absolute Gasteiger partial charge is 0.446 e. The summed E-state index contributed by atoms with van der Waals surface area (Å²) in [6.07, 6.45) is 5.64. The number of benzene rings is 2. The van der Waals surface area contributed by atoms with Crippen LogP contribution in [0.4, 0.5) is 0 Å². The maximum absolute atomic E-state index is 13.7. The van der Waals surface area contributed by atoms with Crippen molar-refractivity contribution in [1.82, 2.24) is 29.1 Å². The van der Waals surface area contributed by atoms with Gasteiger partial charge in [0.1, 0.15) is 0 Å². The number of carbonyl (C=O) groups is 4. The molecule has 2 N–H and O–H groups in total. The van der Waals surface area contributed by atoms with Crippen molar-refractivity contribution in [2.75, 3.05) is 0 Å². The van der Waals surface area contributed by atoms with Crippen molar-refractivity contribution in [3.63, 3.8) is 0 Å². The van der Waals surface area contributed by atoms with Crippen LogP contribution in [0.25, 0.3) is 21.8 Å². The summed E-state index contributed by atoms with van der Waals surface area (Å²) in [6.45, 7) is 7.53. The Labute approximate surface area is 288 Å². The number of nitrogens with zero attached hydrogens (tertiary/aromatic N) is 4. The van der Waals surface area contributed by atoms with Crippen LogP contribution in [-0.2, 0) is 55.6 Å². The molecule has 12 nitrogen and oxygen atoms in total. The minimum absolute atomic E-state index is 0.0784. The fraction of sp³-hybridized carbons (Fsp3) is 0.263. The van der Waals surface area contributed by atoms with E-state index in [-0.39, 0.29) is 24.4 Å². The highest BCUT2D eigenvalue weighted by atomic mass is 16.6. The SMILES string of the molecule is Cc1[nH]cnc1CC(=O)C(OC(=O)/C=C\C(=O)OC(C(=O)Cc1nc[nH]c1C)c1cn(C)c2c(C)cccc12)c1cn(C)c2c(C)cccc12. The van der Waals surface area contributed by atoms with Crippen LogP contribution in [0.2, 0.25) is 0 Å². The summed E-state index contributed by atoms with van der Waals surface area (Å²) in [5.74, 6) is -2.63. The van der Waals surface area contributed by atoms with Crippen LogP contribution in [-0.4, -0.2) is 52.6 Å². The minimum Gasteiger partial charge on any atom is -0.446 e. The molecule has 6 rings (SSSR count). The lowest BCUT2D eigenvalue weighted by Crippen LogP contribution is -2.22. The van der Waals surface area contributed by atoms with E-state index in [1.165, 1.54) is 12.7 Å². The van der Waals surface area contributed by atoms with Gasteiger partial charge >= 0.3 is 11.9 Å². The normalized spacial score (nSPS) is 12.8. The molecular formula is C38H38N6O6. The summed E-state index contributed by atoms with van der Waals surface area (Å²) >= 11 is 0. The fourth-order valence-corrected chi connectivity index (χ4v) is 6.52. The third kappa shape index (κ3) is 6.64. The third-order valence-corrected chi connectivity index (χ3v) is 8.99. The second kappa shape index (κ2) is 13.8. The number of hydrogen-bond donors (Lipinski definition) is 2. The van der Waals surface area contributed by atoms with E-state index in [1.54, 1.807) is 26.2 Å². The molecule has 6 aromatic rings. The van der Waals surface area contributed by atoms with E-state index in [0.717, 1.165) is 56.5 Å². The standard InChI is InChI=1S/C38H38N6O6/c1-21-9-7-11-25-27(17-43(5)35(21)25)37(31(45)15-29-23(3)39-19-41-29)49-33(47)13-14-34(48)50-38(32(46)16-30-24(4)40-20-42-30)28-18-44(6)36-22(2)10-8-12-26(28)36/h7-14,17-20,37-38H,15-16H2,1-6H3,(H,39,41)(H,40,42)/b14-13-. The number of fused-ring (bicyclic) bond motifs is 2. The first-order valence-electron chi connectivity index (χ1n) is 16.1. The summed E-state index contributed by atoms with van der Waals surface area (Å²) in [4.78, 5) is 68.5. The number of rotatable bonds is 12. The number of aryl methyl sites for hydroxylation is 6. The Balaban J connectivity index is 1.27. The van der Waals surface area contributed by atoms with Crippen LogP contribution in [0.15, 0.2) is 73.6 Å². The summed E-state index contributed by atoms with van der Waals surface area (Å²) < 4.78 is 15.3. The number of esters is 2. The number of H-pyrrole nitrogens is 2. The van der Waals surface area contributed by atoms with Crippen molar-refractivity contribution in [3.8, 4) is 0 Å². The maximum atomic E-state index is 13.7. The number of hydrogen-bond acceptors (Lipinski definition) is 8. The Morgan fingerprint density at radius 1 is 0.680 bits per heavy atom. The van der Waals surface area contributed by atoms with Gasteiger partial charge in [0.05, 0.1) is 47.9 Å². The van der Waals surface area contributed by atoms with Crippen molar-refractivity contribution in [1.29, 1.82) is 0 Å². The van der Waals surface area contributed by atoms with Crippen molar-refractivity contribution in [2.45, 2.75) is 52.7 Å². The summed E-state index contributed by atoms with van der Waals surface area (Å²) in [7, 11) is 3.72. The number of nitrogens with one attached hydrogen (secondary N) is 2. The Morgan fingerprint density at radius 3 is 1.44 bits per heavy atom. The molecule has 0 aliphatic rings. The van der Waals surface area contributed by atoms with Gasteiger partial charge in [-0.1, -0.05) is 36.4 Å². The highest BCUT2D eigenvalue weighted by molar-refractivity contribution is 5.99. The predicted molar refractivity (Wildman–Crippen MR) is 186 cm³/mol. The number of aromatic nitrogens is 6. The second-order valence-corrected chi connectivity index (χ2v) is 12.5. The summed E-state index contributed by atoms with van der Waals surface area (Å²) in [5, 5.41) is 1.53. The van der Waals surface area contributed by atoms with Crippen LogP contribution >= 0.6 is 0 Å². The molecule has 2 aromatic carbocycles. The molecule has 0 aliphatic heterocycles. The Kier molecular flexibility index (Phi) is 9.36. The van der Waals surface area contributed by atoms with Gasteiger partial charge in [-0.3, -0.25) is 9.59 Å². The first kappa shape index (κ1) is 33.8. The number of Topliss-reactive ketones (excluding diaryl/α,β-unsaturated/α-hetero) is 2. The average Bonchev–Trinajstić information content (AvgIpc) is 3.85. The van der Waals surface area contributed by atoms with E-state index in [9.17, 15) is 19.2 Å². The number of ether oxygens (including phenoxy) is 2. The van der Waals surface area contributed by atoms with Crippen LogP contribution < -0.4 is 0 Å². The third-order valence-electron chi connectivity index (χ3n) is 8.99. The lowest BCUT2D eigenvalue weighted by Gasteiger charge is -2.16. The molecule has 0 radical (unpaired) electrons.